The number of nitrogens with zero attached hydrogens (tertiary/aromatic N) is 1. The third-order valence-electron chi connectivity index (χ3n) is 2.83. The van der Waals surface area contributed by atoms with Crippen molar-refractivity contribution in [1.29, 1.82) is 0 Å². The van der Waals surface area contributed by atoms with Crippen LogP contribution in [0.4, 0.5) is 0 Å². The van der Waals surface area contributed by atoms with Crippen LogP contribution in [0, 0.1) is 12.3 Å². The highest BCUT2D eigenvalue weighted by Crippen LogP contribution is 2.16. The maximum atomic E-state index is 11.6. The quantitative estimate of drug-likeness (QED) is 0.795. The second-order valence-electron chi connectivity index (χ2n) is 5.72. The molecular weight excluding hydrogens is 212 g/mol. The topological polar surface area (TPSA) is 34.0 Å². The molecule has 0 aromatic carbocycles. The van der Waals surface area contributed by atoms with Crippen LogP contribution in [-0.4, -0.2) is 17.7 Å². The lowest BCUT2D eigenvalue weighted by atomic mass is 9.92. The Balaban J connectivity index is 2.34. The summed E-state index contributed by atoms with van der Waals surface area (Å²) >= 11 is 0. The van der Waals surface area contributed by atoms with Crippen molar-refractivity contribution in [2.24, 2.45) is 5.41 Å². The van der Waals surface area contributed by atoms with Crippen molar-refractivity contribution in [3.8, 4) is 0 Å². The van der Waals surface area contributed by atoms with Crippen molar-refractivity contribution in [2.75, 3.05) is 13.1 Å². The summed E-state index contributed by atoms with van der Waals surface area (Å²) in [6.45, 7) is 11.3. The normalized spacial score (nSPS) is 11.8. The van der Waals surface area contributed by atoms with Crippen LogP contribution in [0.1, 0.15) is 32.9 Å². The van der Waals surface area contributed by atoms with E-state index in [1.54, 1.807) is 12.1 Å². The molecule has 0 amide bonds. The third-order valence-corrected chi connectivity index (χ3v) is 2.83. The van der Waals surface area contributed by atoms with Gasteiger partial charge in [-0.1, -0.05) is 26.8 Å². The standard InChI is InChI=1S/C14H24N2O/c1-12-6-5-7-13(17)16(12)11-10-15-9-8-14(2,3)4/h5-7,15H,8-11H2,1-4H3. The molecule has 0 aliphatic heterocycles. The molecule has 0 saturated heterocycles. The largest absolute Gasteiger partial charge is 0.315 e. The summed E-state index contributed by atoms with van der Waals surface area (Å²) in [5.74, 6) is 0. The van der Waals surface area contributed by atoms with Gasteiger partial charge in [0.2, 0.25) is 0 Å². The third kappa shape index (κ3) is 5.18. The molecule has 0 aliphatic rings. The second-order valence-corrected chi connectivity index (χ2v) is 5.72. The highest BCUT2D eigenvalue weighted by Gasteiger charge is 2.08. The molecule has 0 spiro atoms. The lowest BCUT2D eigenvalue weighted by Crippen LogP contribution is -2.29. The molecular formula is C14H24N2O. The van der Waals surface area contributed by atoms with E-state index in [2.05, 4.69) is 26.1 Å². The van der Waals surface area contributed by atoms with Crippen LogP contribution in [0.3, 0.4) is 0 Å². The van der Waals surface area contributed by atoms with Crippen molar-refractivity contribution < 1.29 is 0 Å². The van der Waals surface area contributed by atoms with E-state index >= 15 is 0 Å². The van der Waals surface area contributed by atoms with Crippen LogP contribution in [0.5, 0.6) is 0 Å². The van der Waals surface area contributed by atoms with E-state index in [1.807, 2.05) is 17.6 Å². The zero-order chi connectivity index (χ0) is 12.9. The van der Waals surface area contributed by atoms with Crippen LogP contribution in [-0.2, 0) is 6.54 Å². The molecule has 1 aromatic heterocycles. The van der Waals surface area contributed by atoms with Gasteiger partial charge in [-0.05, 0) is 31.4 Å². The van der Waals surface area contributed by atoms with Crippen molar-refractivity contribution >= 4 is 0 Å². The van der Waals surface area contributed by atoms with E-state index < -0.39 is 0 Å². The second kappa shape index (κ2) is 6.01. The van der Waals surface area contributed by atoms with Crippen LogP contribution < -0.4 is 10.9 Å². The summed E-state index contributed by atoms with van der Waals surface area (Å²) in [5, 5.41) is 3.39. The Hall–Kier alpha value is -1.09. The van der Waals surface area contributed by atoms with Gasteiger partial charge in [-0.3, -0.25) is 4.79 Å². The Morgan fingerprint density at radius 3 is 2.53 bits per heavy atom. The Morgan fingerprint density at radius 2 is 1.94 bits per heavy atom. The number of rotatable bonds is 5. The average Bonchev–Trinajstić information content (AvgIpc) is 2.20. The van der Waals surface area contributed by atoms with E-state index in [-0.39, 0.29) is 5.56 Å². The van der Waals surface area contributed by atoms with Crippen LogP contribution in [0.15, 0.2) is 23.0 Å². The van der Waals surface area contributed by atoms with E-state index in [4.69, 9.17) is 0 Å². The molecule has 0 fully saturated rings. The van der Waals surface area contributed by atoms with Gasteiger partial charge in [0.25, 0.3) is 5.56 Å². The summed E-state index contributed by atoms with van der Waals surface area (Å²) in [6, 6.07) is 5.39. The van der Waals surface area contributed by atoms with Crippen molar-refractivity contribution in [1.82, 2.24) is 9.88 Å². The fourth-order valence-electron chi connectivity index (χ4n) is 1.69. The number of nitrogens with one attached hydrogen (secondary N) is 1. The van der Waals surface area contributed by atoms with Crippen molar-refractivity contribution in [3.05, 3.63) is 34.2 Å². The monoisotopic (exact) mass is 236 g/mol. The van der Waals surface area contributed by atoms with Gasteiger partial charge in [0.15, 0.2) is 0 Å². The molecule has 96 valence electrons. The van der Waals surface area contributed by atoms with Gasteiger partial charge in [0, 0.05) is 24.8 Å². The minimum atomic E-state index is 0.0858. The molecule has 1 N–H and O–H groups in total. The Bertz CT molecular complexity index is 401. The average molecular weight is 236 g/mol. The Kier molecular flexibility index (Phi) is 4.94. The molecule has 1 heterocycles. The first-order valence-electron chi connectivity index (χ1n) is 6.27. The van der Waals surface area contributed by atoms with Gasteiger partial charge < -0.3 is 9.88 Å². The fraction of sp³-hybridized carbons (Fsp3) is 0.643. The summed E-state index contributed by atoms with van der Waals surface area (Å²) in [4.78, 5) is 11.6. The zero-order valence-electron chi connectivity index (χ0n) is 11.4. The number of hydrogen-bond acceptors (Lipinski definition) is 2. The smallest absolute Gasteiger partial charge is 0.250 e. The first-order chi connectivity index (χ1) is 7.90. The van der Waals surface area contributed by atoms with E-state index in [0.29, 0.717) is 5.41 Å². The van der Waals surface area contributed by atoms with Crippen molar-refractivity contribution in [3.63, 3.8) is 0 Å². The number of aromatic nitrogens is 1. The molecule has 0 atom stereocenters. The summed E-state index contributed by atoms with van der Waals surface area (Å²) in [6.07, 6.45) is 1.15. The van der Waals surface area contributed by atoms with Gasteiger partial charge in [0.1, 0.15) is 0 Å². The predicted octanol–water partition coefficient (Wildman–Crippen LogP) is 2.18. The summed E-state index contributed by atoms with van der Waals surface area (Å²) in [7, 11) is 0. The zero-order valence-corrected chi connectivity index (χ0v) is 11.4. The predicted molar refractivity (Wildman–Crippen MR) is 72.4 cm³/mol. The highest BCUT2D eigenvalue weighted by molar-refractivity contribution is 5.04. The Labute approximate surface area is 104 Å². The molecule has 0 radical (unpaired) electrons. The molecule has 1 aromatic rings. The molecule has 17 heavy (non-hydrogen) atoms. The minimum Gasteiger partial charge on any atom is -0.315 e. The fourth-order valence-corrected chi connectivity index (χ4v) is 1.69. The number of aryl methyl sites for hydroxylation is 1. The lowest BCUT2D eigenvalue weighted by Gasteiger charge is -2.18. The van der Waals surface area contributed by atoms with Gasteiger partial charge in [-0.25, -0.2) is 0 Å². The van der Waals surface area contributed by atoms with Gasteiger partial charge >= 0.3 is 0 Å². The number of pyridine rings is 1. The summed E-state index contributed by atoms with van der Waals surface area (Å²) < 4.78 is 1.81. The molecule has 0 unspecified atom stereocenters. The number of hydrogen-bond donors (Lipinski definition) is 1. The summed E-state index contributed by atoms with van der Waals surface area (Å²) in [5.41, 5.74) is 1.48. The van der Waals surface area contributed by atoms with Gasteiger partial charge in [-0.15, -0.1) is 0 Å². The molecule has 3 nitrogen and oxygen atoms in total. The molecule has 0 bridgehead atoms. The first-order valence-corrected chi connectivity index (χ1v) is 6.27. The molecule has 1 rings (SSSR count). The SMILES string of the molecule is Cc1cccc(=O)n1CCNCCC(C)(C)C. The Morgan fingerprint density at radius 1 is 1.24 bits per heavy atom. The van der Waals surface area contributed by atoms with Crippen LogP contribution in [0.25, 0.3) is 0 Å². The van der Waals surface area contributed by atoms with E-state index in [1.165, 1.54) is 0 Å². The first kappa shape index (κ1) is 14.0. The van der Waals surface area contributed by atoms with Crippen LogP contribution >= 0.6 is 0 Å². The lowest BCUT2D eigenvalue weighted by molar-refractivity contribution is 0.365. The van der Waals surface area contributed by atoms with Gasteiger partial charge in [0.05, 0.1) is 0 Å². The highest BCUT2D eigenvalue weighted by atomic mass is 16.1. The molecule has 0 saturated carbocycles. The van der Waals surface area contributed by atoms with E-state index in [0.717, 1.165) is 31.7 Å². The maximum Gasteiger partial charge on any atom is 0.250 e. The van der Waals surface area contributed by atoms with Crippen molar-refractivity contribution in [2.45, 2.75) is 40.7 Å². The molecule has 0 aliphatic carbocycles. The molecule has 3 heteroatoms. The van der Waals surface area contributed by atoms with Crippen LogP contribution in [0.2, 0.25) is 0 Å². The maximum absolute atomic E-state index is 11.6. The minimum absolute atomic E-state index is 0.0858. The van der Waals surface area contributed by atoms with E-state index in [9.17, 15) is 4.79 Å². The van der Waals surface area contributed by atoms with Gasteiger partial charge in [-0.2, -0.15) is 0 Å².